The lowest BCUT2D eigenvalue weighted by Gasteiger charge is -2.33. The monoisotopic (exact) mass is 286 g/mol. The molecule has 118 valence electrons. The van der Waals surface area contributed by atoms with Crippen molar-refractivity contribution >= 4 is 5.97 Å². The molecule has 0 bridgehead atoms. The van der Waals surface area contributed by atoms with E-state index in [0.717, 1.165) is 52.0 Å². The van der Waals surface area contributed by atoms with E-state index in [1.807, 2.05) is 6.92 Å². The second kappa shape index (κ2) is 8.60. The summed E-state index contributed by atoms with van der Waals surface area (Å²) < 4.78 is 5.65. The molecule has 0 aromatic carbocycles. The number of carbonyl (C=O) groups is 1. The van der Waals surface area contributed by atoms with Gasteiger partial charge in [-0.1, -0.05) is 13.8 Å². The van der Waals surface area contributed by atoms with Crippen LogP contribution in [0.2, 0.25) is 0 Å². The molecule has 0 spiro atoms. The molecule has 0 radical (unpaired) electrons. The Bertz CT molecular complexity index is 299. The van der Waals surface area contributed by atoms with Crippen molar-refractivity contribution in [3.63, 3.8) is 0 Å². The Morgan fingerprint density at radius 2 is 2.25 bits per heavy atom. The van der Waals surface area contributed by atoms with E-state index in [4.69, 9.17) is 4.74 Å². The van der Waals surface area contributed by atoms with Gasteiger partial charge in [-0.3, -0.25) is 9.69 Å². The van der Waals surface area contributed by atoms with Crippen molar-refractivity contribution < 1.29 is 14.6 Å². The van der Waals surface area contributed by atoms with Crippen LogP contribution in [0.4, 0.5) is 0 Å². The Kier molecular flexibility index (Phi) is 7.48. The minimum absolute atomic E-state index is 0.341. The maximum atomic E-state index is 11.4. The third-order valence-electron chi connectivity index (χ3n) is 4.07. The molecule has 0 aromatic heterocycles. The van der Waals surface area contributed by atoms with E-state index in [1.165, 1.54) is 0 Å². The van der Waals surface area contributed by atoms with E-state index in [0.29, 0.717) is 12.5 Å². The summed E-state index contributed by atoms with van der Waals surface area (Å²) in [6.07, 6.45) is 3.89. The molecule has 5 nitrogen and oxygen atoms in total. The van der Waals surface area contributed by atoms with Crippen LogP contribution in [-0.2, 0) is 9.53 Å². The highest BCUT2D eigenvalue weighted by molar-refractivity contribution is 5.78. The second-order valence-corrected chi connectivity index (χ2v) is 5.87. The highest BCUT2D eigenvalue weighted by atomic mass is 16.5. The summed E-state index contributed by atoms with van der Waals surface area (Å²) >= 11 is 0. The molecule has 5 heteroatoms. The van der Waals surface area contributed by atoms with Gasteiger partial charge in [0.2, 0.25) is 0 Å². The van der Waals surface area contributed by atoms with Crippen molar-refractivity contribution in [1.29, 1.82) is 0 Å². The van der Waals surface area contributed by atoms with Gasteiger partial charge in [0.1, 0.15) is 5.54 Å². The van der Waals surface area contributed by atoms with E-state index >= 15 is 0 Å². The Labute approximate surface area is 122 Å². The first-order chi connectivity index (χ1) is 9.51. The van der Waals surface area contributed by atoms with Gasteiger partial charge in [0.15, 0.2) is 0 Å². The largest absolute Gasteiger partial charge is 0.480 e. The number of aliphatic carboxylic acids is 1. The highest BCUT2D eigenvalue weighted by Gasteiger charge is 2.31. The zero-order valence-corrected chi connectivity index (χ0v) is 13.2. The van der Waals surface area contributed by atoms with Gasteiger partial charge >= 0.3 is 5.97 Å². The molecule has 1 heterocycles. The molecule has 0 saturated carbocycles. The Hall–Kier alpha value is -0.650. The molecular weight excluding hydrogens is 256 g/mol. The zero-order valence-electron chi connectivity index (χ0n) is 13.2. The summed E-state index contributed by atoms with van der Waals surface area (Å²) in [5.41, 5.74) is -0.799. The number of carboxylic acids is 1. The lowest BCUT2D eigenvalue weighted by atomic mass is 9.95. The standard InChI is InChI=1S/C15H30N2O3/c1-4-8-16-15(3,14(18)19)7-6-9-17-10-11-20-13(5-2)12-17/h13,16H,4-12H2,1-3H3,(H,18,19). The maximum absolute atomic E-state index is 11.4. The van der Waals surface area contributed by atoms with Gasteiger partial charge in [-0.25, -0.2) is 0 Å². The molecule has 0 aliphatic carbocycles. The zero-order chi connectivity index (χ0) is 15.0. The van der Waals surface area contributed by atoms with Crippen molar-refractivity contribution in [2.24, 2.45) is 0 Å². The summed E-state index contributed by atoms with van der Waals surface area (Å²) in [5, 5.41) is 12.5. The highest BCUT2D eigenvalue weighted by Crippen LogP contribution is 2.15. The lowest BCUT2D eigenvalue weighted by molar-refractivity contribution is -0.144. The van der Waals surface area contributed by atoms with E-state index in [2.05, 4.69) is 17.1 Å². The fourth-order valence-electron chi connectivity index (χ4n) is 2.56. The molecule has 2 N–H and O–H groups in total. The molecule has 1 rings (SSSR count). The van der Waals surface area contributed by atoms with Crippen LogP contribution in [0.3, 0.4) is 0 Å². The molecule has 1 aliphatic heterocycles. The minimum atomic E-state index is -0.799. The molecule has 0 aromatic rings. The van der Waals surface area contributed by atoms with E-state index in [9.17, 15) is 9.90 Å². The maximum Gasteiger partial charge on any atom is 0.323 e. The molecule has 1 saturated heterocycles. The Morgan fingerprint density at radius 3 is 2.85 bits per heavy atom. The van der Waals surface area contributed by atoms with Crippen molar-refractivity contribution in [3.05, 3.63) is 0 Å². The molecule has 2 atom stereocenters. The normalized spacial score (nSPS) is 23.4. The fourth-order valence-corrected chi connectivity index (χ4v) is 2.56. The first-order valence-electron chi connectivity index (χ1n) is 7.84. The molecule has 1 aliphatic rings. The van der Waals surface area contributed by atoms with Crippen LogP contribution in [0.5, 0.6) is 0 Å². The number of hydrogen-bond donors (Lipinski definition) is 2. The average molecular weight is 286 g/mol. The number of nitrogens with one attached hydrogen (secondary N) is 1. The van der Waals surface area contributed by atoms with Crippen LogP contribution >= 0.6 is 0 Å². The van der Waals surface area contributed by atoms with Gasteiger partial charge in [0.05, 0.1) is 12.7 Å². The van der Waals surface area contributed by atoms with E-state index < -0.39 is 11.5 Å². The van der Waals surface area contributed by atoms with Gasteiger partial charge in [0.25, 0.3) is 0 Å². The number of carboxylic acid groups (broad SMARTS) is 1. The topological polar surface area (TPSA) is 61.8 Å². The molecule has 1 fully saturated rings. The molecule has 2 unspecified atom stereocenters. The quantitative estimate of drug-likeness (QED) is 0.676. The van der Waals surface area contributed by atoms with Crippen molar-refractivity contribution in [3.8, 4) is 0 Å². The Balaban J connectivity index is 2.34. The van der Waals surface area contributed by atoms with Crippen LogP contribution in [0.25, 0.3) is 0 Å². The van der Waals surface area contributed by atoms with E-state index in [1.54, 1.807) is 6.92 Å². The third-order valence-corrected chi connectivity index (χ3v) is 4.07. The van der Waals surface area contributed by atoms with Crippen molar-refractivity contribution in [1.82, 2.24) is 10.2 Å². The van der Waals surface area contributed by atoms with Crippen LogP contribution in [0.1, 0.15) is 46.5 Å². The summed E-state index contributed by atoms with van der Waals surface area (Å²) in [6.45, 7) is 10.4. The summed E-state index contributed by atoms with van der Waals surface area (Å²) in [6, 6.07) is 0. The van der Waals surface area contributed by atoms with Gasteiger partial charge in [-0.05, 0) is 45.7 Å². The van der Waals surface area contributed by atoms with Crippen LogP contribution in [0.15, 0.2) is 0 Å². The van der Waals surface area contributed by atoms with Crippen LogP contribution in [0, 0.1) is 0 Å². The van der Waals surface area contributed by atoms with Crippen molar-refractivity contribution in [2.75, 3.05) is 32.8 Å². The predicted molar refractivity (Wildman–Crippen MR) is 80.0 cm³/mol. The lowest BCUT2D eigenvalue weighted by Crippen LogP contribution is -2.50. The van der Waals surface area contributed by atoms with Crippen molar-refractivity contribution in [2.45, 2.75) is 58.1 Å². The number of rotatable bonds is 9. The number of nitrogens with zero attached hydrogens (tertiary/aromatic N) is 1. The average Bonchev–Trinajstić information content (AvgIpc) is 2.45. The first-order valence-corrected chi connectivity index (χ1v) is 7.84. The van der Waals surface area contributed by atoms with Gasteiger partial charge in [0, 0.05) is 13.1 Å². The minimum Gasteiger partial charge on any atom is -0.480 e. The number of ether oxygens (including phenoxy) is 1. The Morgan fingerprint density at radius 1 is 1.50 bits per heavy atom. The van der Waals surface area contributed by atoms with Crippen LogP contribution in [-0.4, -0.2) is 60.4 Å². The first kappa shape index (κ1) is 17.4. The smallest absolute Gasteiger partial charge is 0.323 e. The third kappa shape index (κ3) is 5.38. The predicted octanol–water partition coefficient (Wildman–Crippen LogP) is 1.72. The SMILES string of the molecule is CCCNC(C)(CCCN1CCOC(CC)C1)C(=O)O. The summed E-state index contributed by atoms with van der Waals surface area (Å²) in [4.78, 5) is 13.8. The number of morpholine rings is 1. The van der Waals surface area contributed by atoms with Crippen LogP contribution < -0.4 is 5.32 Å². The van der Waals surface area contributed by atoms with Gasteiger partial charge < -0.3 is 15.2 Å². The molecular formula is C15H30N2O3. The molecule has 20 heavy (non-hydrogen) atoms. The van der Waals surface area contributed by atoms with Gasteiger partial charge in [-0.2, -0.15) is 0 Å². The van der Waals surface area contributed by atoms with Gasteiger partial charge in [-0.15, -0.1) is 0 Å². The molecule has 0 amide bonds. The fraction of sp³-hybridized carbons (Fsp3) is 0.933. The second-order valence-electron chi connectivity index (χ2n) is 5.87. The summed E-state index contributed by atoms with van der Waals surface area (Å²) in [5.74, 6) is -0.751. The summed E-state index contributed by atoms with van der Waals surface area (Å²) in [7, 11) is 0. The number of hydrogen-bond acceptors (Lipinski definition) is 4. The van der Waals surface area contributed by atoms with E-state index in [-0.39, 0.29) is 0 Å².